The van der Waals surface area contributed by atoms with E-state index in [1.807, 2.05) is 24.3 Å². The minimum atomic E-state index is -1.38. The zero-order valence-corrected chi connectivity index (χ0v) is 17.1. The number of nitrogens with one attached hydrogen (secondary N) is 2. The van der Waals surface area contributed by atoms with Crippen molar-refractivity contribution >= 4 is 22.9 Å². The van der Waals surface area contributed by atoms with Crippen molar-refractivity contribution in [3.63, 3.8) is 0 Å². The first-order valence-electron chi connectivity index (χ1n) is 9.87. The number of fused-ring (bicyclic) bond motifs is 1. The Kier molecular flexibility index (Phi) is 5.98. The molecule has 0 saturated carbocycles. The SMILES string of the molecule is CCNC(=O)[C@H]1O[C@@H](n2cnc3c(NCc4ccccc4OC)ncnc32)[C@H](O)[C@@H]1O. The third kappa shape index (κ3) is 3.90. The van der Waals surface area contributed by atoms with Crippen LogP contribution in [0.25, 0.3) is 11.2 Å². The third-order valence-corrected chi connectivity index (χ3v) is 5.12. The highest BCUT2D eigenvalue weighted by molar-refractivity contribution is 5.83. The lowest BCUT2D eigenvalue weighted by molar-refractivity contribution is -0.137. The van der Waals surface area contributed by atoms with Crippen LogP contribution in [-0.2, 0) is 16.1 Å². The van der Waals surface area contributed by atoms with Gasteiger partial charge in [0.05, 0.1) is 13.4 Å². The van der Waals surface area contributed by atoms with Crippen molar-refractivity contribution in [2.75, 3.05) is 19.0 Å². The smallest absolute Gasteiger partial charge is 0.252 e. The van der Waals surface area contributed by atoms with Gasteiger partial charge >= 0.3 is 0 Å². The van der Waals surface area contributed by atoms with Crippen molar-refractivity contribution in [3.8, 4) is 5.75 Å². The molecule has 4 N–H and O–H groups in total. The molecule has 0 radical (unpaired) electrons. The Labute approximate surface area is 178 Å². The van der Waals surface area contributed by atoms with Gasteiger partial charge in [-0.2, -0.15) is 0 Å². The molecule has 4 rings (SSSR count). The van der Waals surface area contributed by atoms with Crippen LogP contribution in [0.4, 0.5) is 5.82 Å². The van der Waals surface area contributed by atoms with E-state index in [9.17, 15) is 15.0 Å². The van der Waals surface area contributed by atoms with Gasteiger partial charge in [0.25, 0.3) is 5.91 Å². The van der Waals surface area contributed by atoms with Crippen LogP contribution in [0.5, 0.6) is 5.75 Å². The molecule has 3 aromatic rings. The number of carbonyl (C=O) groups excluding carboxylic acids is 1. The van der Waals surface area contributed by atoms with Crippen molar-refractivity contribution < 1.29 is 24.5 Å². The minimum absolute atomic E-state index is 0.384. The van der Waals surface area contributed by atoms with Crippen molar-refractivity contribution in [1.29, 1.82) is 0 Å². The summed E-state index contributed by atoms with van der Waals surface area (Å²) < 4.78 is 12.5. The van der Waals surface area contributed by atoms with E-state index in [-0.39, 0.29) is 0 Å². The van der Waals surface area contributed by atoms with Crippen LogP contribution < -0.4 is 15.4 Å². The van der Waals surface area contributed by atoms with Crippen molar-refractivity contribution in [2.45, 2.75) is 38.0 Å². The van der Waals surface area contributed by atoms with Crippen LogP contribution in [0.15, 0.2) is 36.9 Å². The lowest BCUT2D eigenvalue weighted by Crippen LogP contribution is -2.42. The fourth-order valence-corrected chi connectivity index (χ4v) is 3.58. The van der Waals surface area contributed by atoms with Crippen molar-refractivity contribution in [1.82, 2.24) is 24.8 Å². The molecule has 2 aromatic heterocycles. The molecule has 1 aliphatic rings. The summed E-state index contributed by atoms with van der Waals surface area (Å²) in [5.41, 5.74) is 1.80. The highest BCUT2D eigenvalue weighted by Crippen LogP contribution is 2.32. The van der Waals surface area contributed by atoms with E-state index in [2.05, 4.69) is 25.6 Å². The van der Waals surface area contributed by atoms with Gasteiger partial charge in [-0.25, -0.2) is 15.0 Å². The number of rotatable bonds is 7. The Bertz CT molecular complexity index is 1070. The number of anilines is 1. The molecular weight excluding hydrogens is 404 g/mol. The number of ether oxygens (including phenoxy) is 2. The number of hydrogen-bond acceptors (Lipinski definition) is 9. The number of hydrogen-bond donors (Lipinski definition) is 4. The highest BCUT2D eigenvalue weighted by atomic mass is 16.6. The number of methoxy groups -OCH3 is 1. The fourth-order valence-electron chi connectivity index (χ4n) is 3.58. The van der Waals surface area contributed by atoms with E-state index < -0.39 is 30.4 Å². The summed E-state index contributed by atoms with van der Waals surface area (Å²) in [5, 5.41) is 26.6. The fraction of sp³-hybridized carbons (Fsp3) is 0.400. The van der Waals surface area contributed by atoms with E-state index in [1.165, 1.54) is 17.2 Å². The Morgan fingerprint density at radius 2 is 2.03 bits per heavy atom. The van der Waals surface area contributed by atoms with Gasteiger partial charge < -0.3 is 30.3 Å². The number of aliphatic hydroxyl groups is 2. The number of likely N-dealkylation sites (N-methyl/N-ethyl adjacent to an activating group) is 1. The van der Waals surface area contributed by atoms with Crippen LogP contribution in [-0.4, -0.2) is 67.6 Å². The molecule has 1 aromatic carbocycles. The molecule has 11 nitrogen and oxygen atoms in total. The van der Waals surface area contributed by atoms with Gasteiger partial charge in [-0.15, -0.1) is 0 Å². The average molecular weight is 428 g/mol. The largest absolute Gasteiger partial charge is 0.496 e. The first-order chi connectivity index (χ1) is 15.0. The first kappa shape index (κ1) is 21.0. The zero-order valence-electron chi connectivity index (χ0n) is 17.1. The molecule has 1 aliphatic heterocycles. The zero-order chi connectivity index (χ0) is 22.0. The summed E-state index contributed by atoms with van der Waals surface area (Å²) in [6.07, 6.45) is -2.12. The van der Waals surface area contributed by atoms with Gasteiger partial charge in [-0.1, -0.05) is 18.2 Å². The van der Waals surface area contributed by atoms with Crippen LogP contribution in [0, 0.1) is 0 Å². The van der Waals surface area contributed by atoms with Crippen LogP contribution in [0.2, 0.25) is 0 Å². The lowest BCUT2D eigenvalue weighted by atomic mass is 10.1. The lowest BCUT2D eigenvalue weighted by Gasteiger charge is -2.16. The Hall–Kier alpha value is -3.28. The topological polar surface area (TPSA) is 144 Å². The van der Waals surface area contributed by atoms with Gasteiger partial charge in [-0.05, 0) is 13.0 Å². The van der Waals surface area contributed by atoms with E-state index in [4.69, 9.17) is 9.47 Å². The quantitative estimate of drug-likeness (QED) is 0.415. The molecule has 1 saturated heterocycles. The first-order valence-corrected chi connectivity index (χ1v) is 9.87. The number of benzene rings is 1. The maximum absolute atomic E-state index is 12.1. The van der Waals surface area contributed by atoms with Gasteiger partial charge in [0.1, 0.15) is 24.3 Å². The Balaban J connectivity index is 1.58. The molecule has 4 atom stereocenters. The monoisotopic (exact) mass is 428 g/mol. The number of amides is 1. The molecule has 11 heteroatoms. The number of aromatic nitrogens is 4. The molecule has 0 unspecified atom stereocenters. The van der Waals surface area contributed by atoms with Crippen LogP contribution in [0.3, 0.4) is 0 Å². The Morgan fingerprint density at radius 3 is 2.81 bits per heavy atom. The summed E-state index contributed by atoms with van der Waals surface area (Å²) in [6.45, 7) is 2.59. The van der Waals surface area contributed by atoms with Gasteiger partial charge in [0.15, 0.2) is 29.3 Å². The van der Waals surface area contributed by atoms with Gasteiger partial charge in [0.2, 0.25) is 0 Å². The van der Waals surface area contributed by atoms with Crippen molar-refractivity contribution in [2.24, 2.45) is 0 Å². The number of nitrogens with zero attached hydrogens (tertiary/aromatic N) is 4. The maximum atomic E-state index is 12.1. The average Bonchev–Trinajstić information content (AvgIpc) is 3.34. The minimum Gasteiger partial charge on any atom is -0.496 e. The molecular formula is C20H24N6O5. The molecule has 31 heavy (non-hydrogen) atoms. The second-order valence-corrected chi connectivity index (χ2v) is 7.03. The molecule has 1 amide bonds. The molecule has 0 spiro atoms. The third-order valence-electron chi connectivity index (χ3n) is 5.12. The molecule has 1 fully saturated rings. The Morgan fingerprint density at radius 1 is 1.23 bits per heavy atom. The van der Waals surface area contributed by atoms with Crippen LogP contribution in [0.1, 0.15) is 18.7 Å². The maximum Gasteiger partial charge on any atom is 0.252 e. The van der Waals surface area contributed by atoms with E-state index in [0.29, 0.717) is 30.1 Å². The summed E-state index contributed by atoms with van der Waals surface area (Å²) in [5.74, 6) is 0.747. The standard InChI is InChI=1S/C20H24N6O5/c1-3-21-19(29)16-14(27)15(28)20(31-16)26-10-25-13-17(23-9-24-18(13)26)22-8-11-6-4-5-7-12(11)30-2/h4-7,9-10,14-16,20,27-28H,3,8H2,1-2H3,(H,21,29)(H,22,23,24)/t14-,15+,16-,20+/m0/s1. The summed E-state index contributed by atoms with van der Waals surface area (Å²) in [4.78, 5) is 25.0. The predicted molar refractivity (Wildman–Crippen MR) is 110 cm³/mol. The summed E-state index contributed by atoms with van der Waals surface area (Å²) in [7, 11) is 1.61. The molecule has 0 aliphatic carbocycles. The van der Waals surface area contributed by atoms with Crippen molar-refractivity contribution in [3.05, 3.63) is 42.5 Å². The van der Waals surface area contributed by atoms with Gasteiger partial charge in [0, 0.05) is 18.7 Å². The number of carbonyl (C=O) groups is 1. The normalized spacial score (nSPS) is 23.1. The number of aliphatic hydroxyl groups excluding tert-OH is 2. The summed E-state index contributed by atoms with van der Waals surface area (Å²) >= 11 is 0. The molecule has 0 bridgehead atoms. The van der Waals surface area contributed by atoms with Gasteiger partial charge in [-0.3, -0.25) is 9.36 Å². The molecule has 3 heterocycles. The number of imidazole rings is 1. The predicted octanol–water partition coefficient (Wildman–Crippen LogP) is 0.202. The highest BCUT2D eigenvalue weighted by Gasteiger charge is 2.47. The second-order valence-electron chi connectivity index (χ2n) is 7.03. The second kappa shape index (κ2) is 8.84. The van der Waals surface area contributed by atoms with E-state index in [1.54, 1.807) is 14.0 Å². The summed E-state index contributed by atoms with van der Waals surface area (Å²) in [6, 6.07) is 7.62. The molecule has 164 valence electrons. The van der Waals surface area contributed by atoms with E-state index in [0.717, 1.165) is 11.3 Å². The van der Waals surface area contributed by atoms with Crippen LogP contribution >= 0.6 is 0 Å². The van der Waals surface area contributed by atoms with E-state index >= 15 is 0 Å². The number of para-hydroxylation sites is 1.